The topological polar surface area (TPSA) is 119 Å². The zero-order chi connectivity index (χ0) is 29.5. The number of aliphatic hydroxyl groups is 3. The zero-order valence-corrected chi connectivity index (χ0v) is 25.4. The summed E-state index contributed by atoms with van der Waals surface area (Å²) in [5.41, 5.74) is 1.47. The molecule has 228 valence electrons. The minimum absolute atomic E-state index is 0.0163. The Labute approximate surface area is 245 Å². The van der Waals surface area contributed by atoms with E-state index < -0.39 is 6.10 Å². The fourth-order valence-electron chi connectivity index (χ4n) is 10.1. The van der Waals surface area contributed by atoms with Gasteiger partial charge in [-0.1, -0.05) is 20.8 Å². The highest BCUT2D eigenvalue weighted by atomic mass is 16.3. The molecule has 4 fully saturated rings. The van der Waals surface area contributed by atoms with Gasteiger partial charge >= 0.3 is 0 Å². The average molecular weight is 569 g/mol. The molecule has 7 heteroatoms. The van der Waals surface area contributed by atoms with E-state index in [1.165, 1.54) is 19.3 Å². The van der Waals surface area contributed by atoms with Crippen LogP contribution in [0.1, 0.15) is 98.3 Å². The molecule has 0 heterocycles. The number of amides is 2. The predicted molar refractivity (Wildman–Crippen MR) is 161 cm³/mol. The molecular weight excluding hydrogens is 516 g/mol. The van der Waals surface area contributed by atoms with Gasteiger partial charge in [-0.2, -0.15) is 0 Å². The summed E-state index contributed by atoms with van der Waals surface area (Å²) in [7, 11) is 0. The summed E-state index contributed by atoms with van der Waals surface area (Å²) in [6.07, 6.45) is 8.71. The van der Waals surface area contributed by atoms with Crippen molar-refractivity contribution >= 4 is 23.2 Å². The van der Waals surface area contributed by atoms with Crippen molar-refractivity contribution in [1.29, 1.82) is 0 Å². The molecule has 11 unspecified atom stereocenters. The molecule has 0 bridgehead atoms. The van der Waals surface area contributed by atoms with Gasteiger partial charge in [-0.05, 0) is 135 Å². The van der Waals surface area contributed by atoms with E-state index in [2.05, 4.69) is 31.4 Å². The summed E-state index contributed by atoms with van der Waals surface area (Å²) in [6.45, 7) is 8.67. The predicted octanol–water partition coefficient (Wildman–Crippen LogP) is 5.74. The largest absolute Gasteiger partial charge is 0.393 e. The fourth-order valence-corrected chi connectivity index (χ4v) is 10.1. The van der Waals surface area contributed by atoms with E-state index in [4.69, 9.17) is 0 Å². The van der Waals surface area contributed by atoms with Crippen molar-refractivity contribution < 1.29 is 24.9 Å². The molecular formula is C34H52N2O5. The van der Waals surface area contributed by atoms with Gasteiger partial charge in [0.05, 0.1) is 24.7 Å². The van der Waals surface area contributed by atoms with Gasteiger partial charge in [0.25, 0.3) is 0 Å². The summed E-state index contributed by atoms with van der Waals surface area (Å²) >= 11 is 0. The lowest BCUT2D eigenvalue weighted by Crippen LogP contribution is -2.58. The Bertz CT molecular complexity index is 1090. The number of nitrogens with one attached hydrogen (secondary N) is 2. The lowest BCUT2D eigenvalue weighted by atomic mass is 9.43. The molecule has 5 rings (SSSR count). The number of carbonyl (C=O) groups excluding carboxylic acids is 2. The molecule has 0 radical (unpaired) electrons. The molecule has 0 aromatic heterocycles. The zero-order valence-electron chi connectivity index (χ0n) is 25.4. The molecule has 1 aromatic rings. The number of benzene rings is 1. The van der Waals surface area contributed by atoms with Crippen LogP contribution in [-0.2, 0) is 9.59 Å². The fraction of sp³-hybridized carbons (Fsp3) is 0.765. The van der Waals surface area contributed by atoms with Crippen molar-refractivity contribution in [2.24, 2.45) is 46.3 Å². The van der Waals surface area contributed by atoms with Crippen molar-refractivity contribution in [2.75, 3.05) is 10.6 Å². The van der Waals surface area contributed by atoms with Crippen molar-refractivity contribution in [3.8, 4) is 0 Å². The van der Waals surface area contributed by atoms with Crippen molar-refractivity contribution in [3.05, 3.63) is 24.3 Å². The number of carbonyl (C=O) groups is 2. The SMILES string of the molecule is CC(O)CC(=O)Nc1ccc(NC(=O)CCC(C)C2CCC3C4CCC5CC(O)CCC5(C)C4CC(O)C23C)cc1. The quantitative estimate of drug-likeness (QED) is 0.274. The normalized spacial score (nSPS) is 39.5. The number of anilines is 2. The lowest BCUT2D eigenvalue weighted by Gasteiger charge is -2.62. The Balaban J connectivity index is 1.16. The van der Waals surface area contributed by atoms with E-state index in [-0.39, 0.29) is 41.3 Å². The first kappa shape index (κ1) is 30.5. The molecule has 11 atom stereocenters. The molecule has 5 N–H and O–H groups in total. The van der Waals surface area contributed by atoms with Crippen LogP contribution in [0, 0.1) is 46.3 Å². The third kappa shape index (κ3) is 5.96. The average Bonchev–Trinajstić information content (AvgIpc) is 3.28. The summed E-state index contributed by atoms with van der Waals surface area (Å²) in [6, 6.07) is 7.05. The van der Waals surface area contributed by atoms with Crippen LogP contribution in [0.2, 0.25) is 0 Å². The van der Waals surface area contributed by atoms with Gasteiger partial charge in [0.15, 0.2) is 0 Å². The Kier molecular flexibility index (Phi) is 8.90. The highest BCUT2D eigenvalue weighted by Gasteiger charge is 2.63. The molecule has 4 saturated carbocycles. The highest BCUT2D eigenvalue weighted by molar-refractivity contribution is 5.93. The molecule has 1 aromatic carbocycles. The highest BCUT2D eigenvalue weighted by Crippen LogP contribution is 2.68. The third-order valence-corrected chi connectivity index (χ3v) is 12.3. The second kappa shape index (κ2) is 12.0. The van der Waals surface area contributed by atoms with Crippen LogP contribution in [-0.4, -0.2) is 45.4 Å². The minimum atomic E-state index is -0.692. The van der Waals surface area contributed by atoms with Crippen LogP contribution in [0.4, 0.5) is 11.4 Å². The van der Waals surface area contributed by atoms with E-state index in [1.54, 1.807) is 31.2 Å². The van der Waals surface area contributed by atoms with E-state index in [0.29, 0.717) is 53.3 Å². The smallest absolute Gasteiger partial charge is 0.226 e. The van der Waals surface area contributed by atoms with Gasteiger partial charge in [0.2, 0.25) is 11.8 Å². The van der Waals surface area contributed by atoms with Gasteiger partial charge in [-0.25, -0.2) is 0 Å². The summed E-state index contributed by atoms with van der Waals surface area (Å²) in [5.74, 6) is 2.86. The van der Waals surface area contributed by atoms with Crippen LogP contribution < -0.4 is 10.6 Å². The molecule has 0 aliphatic heterocycles. The first-order valence-corrected chi connectivity index (χ1v) is 16.2. The molecule has 4 aliphatic carbocycles. The van der Waals surface area contributed by atoms with Gasteiger partial charge in [0, 0.05) is 17.8 Å². The number of aliphatic hydroxyl groups excluding tert-OH is 3. The molecule has 0 saturated heterocycles. The van der Waals surface area contributed by atoms with Gasteiger partial charge in [-0.15, -0.1) is 0 Å². The molecule has 7 nitrogen and oxygen atoms in total. The number of hydrogen-bond acceptors (Lipinski definition) is 5. The maximum atomic E-state index is 12.8. The second-order valence-corrected chi connectivity index (χ2v) is 14.6. The van der Waals surface area contributed by atoms with E-state index in [1.807, 2.05) is 0 Å². The van der Waals surface area contributed by atoms with Crippen LogP contribution >= 0.6 is 0 Å². The molecule has 4 aliphatic rings. The number of hydrogen-bond donors (Lipinski definition) is 5. The second-order valence-electron chi connectivity index (χ2n) is 14.6. The van der Waals surface area contributed by atoms with Crippen LogP contribution in [0.5, 0.6) is 0 Å². The Morgan fingerprint density at radius 2 is 1.56 bits per heavy atom. The monoisotopic (exact) mass is 568 g/mol. The third-order valence-electron chi connectivity index (χ3n) is 12.3. The van der Waals surface area contributed by atoms with Gasteiger partial charge in [-0.3, -0.25) is 9.59 Å². The Morgan fingerprint density at radius 3 is 2.22 bits per heavy atom. The summed E-state index contributed by atoms with van der Waals surface area (Å²) in [5, 5.41) is 37.2. The first-order valence-electron chi connectivity index (χ1n) is 16.2. The minimum Gasteiger partial charge on any atom is -0.393 e. The van der Waals surface area contributed by atoms with E-state index in [9.17, 15) is 24.9 Å². The van der Waals surface area contributed by atoms with Crippen molar-refractivity contribution in [2.45, 2.75) is 117 Å². The van der Waals surface area contributed by atoms with E-state index >= 15 is 0 Å². The molecule has 0 spiro atoms. The van der Waals surface area contributed by atoms with Crippen molar-refractivity contribution in [1.82, 2.24) is 0 Å². The van der Waals surface area contributed by atoms with Crippen LogP contribution in [0.3, 0.4) is 0 Å². The summed E-state index contributed by atoms with van der Waals surface area (Å²) in [4.78, 5) is 24.7. The maximum Gasteiger partial charge on any atom is 0.226 e. The van der Waals surface area contributed by atoms with E-state index in [0.717, 1.165) is 38.5 Å². The van der Waals surface area contributed by atoms with Crippen molar-refractivity contribution in [3.63, 3.8) is 0 Å². The van der Waals surface area contributed by atoms with Crippen LogP contribution in [0.15, 0.2) is 24.3 Å². The van der Waals surface area contributed by atoms with Crippen LogP contribution in [0.25, 0.3) is 0 Å². The summed E-state index contributed by atoms with van der Waals surface area (Å²) < 4.78 is 0. The first-order chi connectivity index (χ1) is 19.4. The number of fused-ring (bicyclic) bond motifs is 5. The molecule has 41 heavy (non-hydrogen) atoms. The Hall–Kier alpha value is -1.96. The molecule has 2 amide bonds. The van der Waals surface area contributed by atoms with Gasteiger partial charge in [0.1, 0.15) is 0 Å². The maximum absolute atomic E-state index is 12.8. The number of rotatable bonds is 8. The standard InChI is InChI=1S/C34H52N2O5/c1-20(5-14-31(40)35-23-7-9-24(10-8-23)36-32(41)17-21(2)37)27-12-13-28-26-11-6-22-18-25(38)15-16-33(22,3)29(26)19-30(39)34(27,28)4/h7-10,20-22,25-30,37-39H,5-6,11-19H2,1-4H3,(H,35,40)(H,36,41). The van der Waals surface area contributed by atoms with Gasteiger partial charge < -0.3 is 26.0 Å². The Morgan fingerprint density at radius 1 is 0.902 bits per heavy atom. The lowest BCUT2D eigenvalue weighted by molar-refractivity contribution is -0.174.